The third kappa shape index (κ3) is 2.81. The van der Waals surface area contributed by atoms with Crippen molar-refractivity contribution in [1.82, 2.24) is 20.3 Å². The van der Waals surface area contributed by atoms with Crippen LogP contribution in [0.5, 0.6) is 0 Å². The van der Waals surface area contributed by atoms with Gasteiger partial charge < -0.3 is 4.52 Å². The Morgan fingerprint density at radius 2 is 1.88 bits per heavy atom. The molecule has 0 fully saturated rings. The van der Waals surface area contributed by atoms with E-state index in [0.29, 0.717) is 17.3 Å². The van der Waals surface area contributed by atoms with Crippen molar-refractivity contribution in [2.24, 2.45) is 0 Å². The molecule has 0 spiro atoms. The van der Waals surface area contributed by atoms with Crippen LogP contribution in [0.25, 0.3) is 22.6 Å². The molecule has 4 rings (SSSR count). The summed E-state index contributed by atoms with van der Waals surface area (Å²) in [5.74, 6) is 0.572. The molecule has 2 heterocycles. The average molecular weight is 320 g/mol. The highest BCUT2D eigenvalue weighted by Gasteiger charge is 2.12. The number of hydrogen-bond donors (Lipinski definition) is 1. The zero-order valence-corrected chi connectivity index (χ0v) is 12.6. The number of H-pyrrole nitrogens is 1. The Bertz CT molecular complexity index is 963. The van der Waals surface area contributed by atoms with Gasteiger partial charge in [-0.05, 0) is 23.8 Å². The minimum atomic E-state index is -0.279. The number of nitrogens with zero attached hydrogens (tertiary/aromatic N) is 3. The van der Waals surface area contributed by atoms with Gasteiger partial charge in [-0.3, -0.25) is 5.10 Å². The lowest BCUT2D eigenvalue weighted by Gasteiger charge is -2.00. The number of nitrogens with one attached hydrogen (secondary N) is 1. The van der Waals surface area contributed by atoms with E-state index < -0.39 is 0 Å². The molecular weight excluding hydrogens is 307 g/mol. The quantitative estimate of drug-likeness (QED) is 0.620. The highest BCUT2D eigenvalue weighted by Crippen LogP contribution is 2.23. The van der Waals surface area contributed by atoms with Crippen LogP contribution in [-0.4, -0.2) is 20.3 Å². The van der Waals surface area contributed by atoms with Crippen LogP contribution in [0.15, 0.2) is 65.3 Å². The summed E-state index contributed by atoms with van der Waals surface area (Å²) in [4.78, 5) is 4.37. The van der Waals surface area contributed by atoms with Crippen LogP contribution in [0.3, 0.4) is 0 Å². The number of benzene rings is 2. The van der Waals surface area contributed by atoms with Gasteiger partial charge in [0.25, 0.3) is 0 Å². The Balaban J connectivity index is 1.61. The van der Waals surface area contributed by atoms with Crippen LogP contribution in [-0.2, 0) is 6.42 Å². The lowest BCUT2D eigenvalue weighted by molar-refractivity contribution is 0.384. The van der Waals surface area contributed by atoms with Gasteiger partial charge in [0.1, 0.15) is 5.82 Å². The molecule has 5 nitrogen and oxygen atoms in total. The van der Waals surface area contributed by atoms with E-state index in [0.717, 1.165) is 16.8 Å². The Morgan fingerprint density at radius 1 is 1.00 bits per heavy atom. The van der Waals surface area contributed by atoms with E-state index in [9.17, 15) is 4.39 Å². The molecule has 0 aliphatic rings. The van der Waals surface area contributed by atoms with E-state index in [4.69, 9.17) is 4.52 Å². The molecule has 0 amide bonds. The number of halogens is 1. The van der Waals surface area contributed by atoms with Crippen molar-refractivity contribution in [2.45, 2.75) is 6.42 Å². The van der Waals surface area contributed by atoms with Gasteiger partial charge in [0.05, 0.1) is 12.1 Å². The fourth-order valence-electron chi connectivity index (χ4n) is 2.49. The molecular formula is C18H13FN4O. The van der Waals surface area contributed by atoms with E-state index in [1.807, 2.05) is 30.3 Å². The second kappa shape index (κ2) is 6.08. The molecule has 0 saturated heterocycles. The van der Waals surface area contributed by atoms with Crippen LogP contribution in [0.2, 0.25) is 0 Å². The lowest BCUT2D eigenvalue weighted by Crippen LogP contribution is -1.92. The maximum Gasteiger partial charge on any atom is 0.231 e. The van der Waals surface area contributed by atoms with E-state index in [2.05, 4.69) is 20.3 Å². The first kappa shape index (κ1) is 14.3. The summed E-state index contributed by atoms with van der Waals surface area (Å²) in [6.07, 6.45) is 1.96. The molecule has 0 aliphatic carbocycles. The average Bonchev–Trinajstić information content (AvgIpc) is 3.29. The summed E-state index contributed by atoms with van der Waals surface area (Å²) in [7, 11) is 0. The number of rotatable bonds is 4. The Morgan fingerprint density at radius 3 is 2.71 bits per heavy atom. The normalized spacial score (nSPS) is 10.9. The first-order valence-electron chi connectivity index (χ1n) is 7.46. The molecule has 24 heavy (non-hydrogen) atoms. The third-order valence-electron chi connectivity index (χ3n) is 3.70. The maximum atomic E-state index is 13.7. The molecule has 2 aromatic heterocycles. The Labute approximate surface area is 137 Å². The summed E-state index contributed by atoms with van der Waals surface area (Å²) in [6.45, 7) is 0. The van der Waals surface area contributed by atoms with Gasteiger partial charge >= 0.3 is 0 Å². The maximum absolute atomic E-state index is 13.7. The highest BCUT2D eigenvalue weighted by molar-refractivity contribution is 5.67. The van der Waals surface area contributed by atoms with E-state index in [1.54, 1.807) is 24.4 Å². The molecule has 0 bridgehead atoms. The topological polar surface area (TPSA) is 67.6 Å². The molecule has 0 unspecified atom stereocenters. The molecule has 0 radical (unpaired) electrons. The van der Waals surface area contributed by atoms with Gasteiger partial charge in [-0.2, -0.15) is 10.1 Å². The van der Waals surface area contributed by atoms with Crippen molar-refractivity contribution < 1.29 is 8.91 Å². The molecule has 0 atom stereocenters. The van der Waals surface area contributed by atoms with E-state index in [1.165, 1.54) is 6.07 Å². The van der Waals surface area contributed by atoms with Gasteiger partial charge in [-0.1, -0.05) is 41.6 Å². The fraction of sp³-hybridized carbons (Fsp3) is 0.0556. The molecule has 6 heteroatoms. The zero-order chi connectivity index (χ0) is 16.4. The summed E-state index contributed by atoms with van der Waals surface area (Å²) >= 11 is 0. The van der Waals surface area contributed by atoms with Crippen molar-refractivity contribution in [3.63, 3.8) is 0 Å². The first-order chi connectivity index (χ1) is 11.8. The molecule has 0 saturated carbocycles. The minimum absolute atomic E-state index is 0.264. The van der Waals surface area contributed by atoms with E-state index in [-0.39, 0.29) is 12.2 Å². The molecule has 0 aliphatic heterocycles. The van der Waals surface area contributed by atoms with Gasteiger partial charge in [-0.25, -0.2) is 4.39 Å². The van der Waals surface area contributed by atoms with Gasteiger partial charge in [-0.15, -0.1) is 0 Å². The smallest absolute Gasteiger partial charge is 0.231 e. The second-order valence-electron chi connectivity index (χ2n) is 5.33. The predicted octanol–water partition coefficient (Wildman–Crippen LogP) is 3.86. The largest absolute Gasteiger partial charge is 0.339 e. The van der Waals surface area contributed by atoms with Crippen LogP contribution >= 0.6 is 0 Å². The number of hydrogen-bond acceptors (Lipinski definition) is 4. The van der Waals surface area contributed by atoms with Gasteiger partial charge in [0.2, 0.25) is 11.7 Å². The van der Waals surface area contributed by atoms with Crippen LogP contribution in [0.4, 0.5) is 4.39 Å². The lowest BCUT2D eigenvalue weighted by atomic mass is 10.1. The van der Waals surface area contributed by atoms with Crippen molar-refractivity contribution in [3.8, 4) is 22.6 Å². The molecule has 118 valence electrons. The Kier molecular flexibility index (Phi) is 3.63. The van der Waals surface area contributed by atoms with Crippen LogP contribution in [0, 0.1) is 5.82 Å². The van der Waals surface area contributed by atoms with E-state index >= 15 is 0 Å². The number of aromatic amines is 1. The van der Waals surface area contributed by atoms with Crippen LogP contribution in [0.1, 0.15) is 11.5 Å². The Hall–Kier alpha value is -3.28. The summed E-state index contributed by atoms with van der Waals surface area (Å²) in [6, 6.07) is 16.2. The highest BCUT2D eigenvalue weighted by atomic mass is 19.1. The summed E-state index contributed by atoms with van der Waals surface area (Å²) in [5, 5.41) is 10.9. The number of aromatic nitrogens is 4. The third-order valence-corrected chi connectivity index (χ3v) is 3.70. The SMILES string of the molecule is Fc1ccccc1Cc1nc(-c2cccc(-c3ccn[nH]3)c2)no1. The summed E-state index contributed by atoms with van der Waals surface area (Å²) in [5.41, 5.74) is 3.24. The predicted molar refractivity (Wildman–Crippen MR) is 86.5 cm³/mol. The molecule has 2 aromatic carbocycles. The van der Waals surface area contributed by atoms with Gasteiger partial charge in [0.15, 0.2) is 0 Å². The van der Waals surface area contributed by atoms with Crippen molar-refractivity contribution in [2.75, 3.05) is 0 Å². The second-order valence-corrected chi connectivity index (χ2v) is 5.33. The van der Waals surface area contributed by atoms with Crippen molar-refractivity contribution >= 4 is 0 Å². The standard InChI is InChI=1S/C18H13FN4O/c19-15-7-2-1-4-12(15)11-17-21-18(23-24-17)14-6-3-5-13(10-14)16-8-9-20-22-16/h1-10H,11H2,(H,20,22). The molecule has 4 aromatic rings. The monoisotopic (exact) mass is 320 g/mol. The minimum Gasteiger partial charge on any atom is -0.339 e. The zero-order valence-electron chi connectivity index (χ0n) is 12.6. The first-order valence-corrected chi connectivity index (χ1v) is 7.46. The fourth-order valence-corrected chi connectivity index (χ4v) is 2.49. The van der Waals surface area contributed by atoms with Crippen LogP contribution < -0.4 is 0 Å². The van der Waals surface area contributed by atoms with Crippen molar-refractivity contribution in [1.29, 1.82) is 0 Å². The molecule has 1 N–H and O–H groups in total. The summed E-state index contributed by atoms with van der Waals surface area (Å²) < 4.78 is 19.0. The van der Waals surface area contributed by atoms with Crippen molar-refractivity contribution in [3.05, 3.63) is 78.1 Å². The van der Waals surface area contributed by atoms with Gasteiger partial charge in [0, 0.05) is 17.3 Å².